The van der Waals surface area contributed by atoms with Crippen LogP contribution in [0.1, 0.15) is 39.6 Å². The third-order valence-corrected chi connectivity index (χ3v) is 4.40. The minimum atomic E-state index is -0.332. The van der Waals surface area contributed by atoms with Crippen LogP contribution < -0.4 is 5.73 Å². The number of ether oxygens (including phenoxy) is 1. The molecule has 0 saturated heterocycles. The van der Waals surface area contributed by atoms with Gasteiger partial charge in [0.2, 0.25) is 0 Å². The third-order valence-electron chi connectivity index (χ3n) is 4.40. The average molecular weight is 326 g/mol. The van der Waals surface area contributed by atoms with Crippen molar-refractivity contribution in [1.82, 2.24) is 14.5 Å². The Kier molecular flexibility index (Phi) is 4.13. The van der Waals surface area contributed by atoms with Gasteiger partial charge in [-0.25, -0.2) is 9.97 Å². The Balaban J connectivity index is 2.35. The van der Waals surface area contributed by atoms with Crippen LogP contribution in [0.5, 0.6) is 0 Å². The highest BCUT2D eigenvalue weighted by Crippen LogP contribution is 2.33. The lowest BCUT2D eigenvalue weighted by Crippen LogP contribution is -2.16. The maximum atomic E-state index is 11.2. The molecule has 2 heterocycles. The molecule has 6 nitrogen and oxygen atoms in total. The Bertz CT molecular complexity index is 914. The van der Waals surface area contributed by atoms with Crippen molar-refractivity contribution >= 4 is 33.7 Å². The third kappa shape index (κ3) is 2.68. The van der Waals surface area contributed by atoms with Crippen LogP contribution in [0.3, 0.4) is 0 Å². The summed E-state index contributed by atoms with van der Waals surface area (Å²) in [6.07, 6.45) is 0. The van der Waals surface area contributed by atoms with E-state index in [-0.39, 0.29) is 18.6 Å². The average Bonchev–Trinajstić information content (AvgIpc) is 2.92. The highest BCUT2D eigenvalue weighted by molar-refractivity contribution is 6.06. The predicted octanol–water partition coefficient (Wildman–Crippen LogP) is 3.45. The number of nitrogen functional groups attached to an aromatic ring is 1. The van der Waals surface area contributed by atoms with E-state index in [9.17, 15) is 4.79 Å². The molecule has 2 N–H and O–H groups in total. The molecule has 2 aromatic heterocycles. The number of esters is 1. The summed E-state index contributed by atoms with van der Waals surface area (Å²) in [4.78, 5) is 20.3. The Morgan fingerprint density at radius 1 is 1.25 bits per heavy atom. The Morgan fingerprint density at radius 3 is 2.62 bits per heavy atom. The number of pyridine rings is 1. The van der Waals surface area contributed by atoms with Crippen LogP contribution in [0.15, 0.2) is 24.3 Å². The van der Waals surface area contributed by atoms with Crippen molar-refractivity contribution in [3.05, 3.63) is 30.1 Å². The van der Waals surface area contributed by atoms with E-state index in [0.717, 1.165) is 16.4 Å². The van der Waals surface area contributed by atoms with Gasteiger partial charge in [-0.2, -0.15) is 0 Å². The fraction of sp³-hybridized carbons (Fsp3) is 0.389. The number of aromatic nitrogens is 3. The second-order valence-electron chi connectivity index (χ2n) is 6.37. The second-order valence-corrected chi connectivity index (χ2v) is 6.37. The van der Waals surface area contributed by atoms with Gasteiger partial charge in [0.15, 0.2) is 5.82 Å². The van der Waals surface area contributed by atoms with E-state index in [1.54, 1.807) is 0 Å². The molecule has 1 aromatic carbocycles. The number of rotatable bonds is 4. The van der Waals surface area contributed by atoms with Crippen molar-refractivity contribution in [1.29, 1.82) is 0 Å². The zero-order valence-corrected chi connectivity index (χ0v) is 14.4. The molecular formula is C18H22N4O2. The van der Waals surface area contributed by atoms with Gasteiger partial charge in [-0.3, -0.25) is 4.79 Å². The number of fused-ring (bicyclic) bond motifs is 3. The standard InChI is InChI=1S/C18H22N4O2/c1-10(2)11(3)22-15(9-24-12(4)23)21-16-17(22)13-7-5-6-8-14(13)20-18(16)19/h5-8,10-11H,9H2,1-4H3,(H2,19,20). The molecule has 1 unspecified atom stereocenters. The number of nitrogens with zero attached hydrogens (tertiary/aromatic N) is 3. The Morgan fingerprint density at radius 2 is 1.96 bits per heavy atom. The molecule has 1 atom stereocenters. The first-order chi connectivity index (χ1) is 11.4. The van der Waals surface area contributed by atoms with Gasteiger partial charge >= 0.3 is 5.97 Å². The Hall–Kier alpha value is -2.63. The summed E-state index contributed by atoms with van der Waals surface area (Å²) < 4.78 is 7.32. The molecule has 24 heavy (non-hydrogen) atoms. The van der Waals surface area contributed by atoms with E-state index in [1.165, 1.54) is 6.92 Å². The van der Waals surface area contributed by atoms with Crippen LogP contribution in [-0.4, -0.2) is 20.5 Å². The monoisotopic (exact) mass is 326 g/mol. The van der Waals surface area contributed by atoms with E-state index in [1.807, 2.05) is 24.3 Å². The summed E-state index contributed by atoms with van der Waals surface area (Å²) in [7, 11) is 0. The molecule has 0 spiro atoms. The molecule has 0 amide bonds. The normalized spacial score (nSPS) is 12.9. The summed E-state index contributed by atoms with van der Waals surface area (Å²) in [5, 5.41) is 0.996. The Labute approximate surface area is 140 Å². The summed E-state index contributed by atoms with van der Waals surface area (Å²) in [5.74, 6) is 1.13. The molecule has 0 aliphatic heterocycles. The smallest absolute Gasteiger partial charge is 0.303 e. The van der Waals surface area contributed by atoms with Crippen molar-refractivity contribution in [3.63, 3.8) is 0 Å². The van der Waals surface area contributed by atoms with E-state index in [4.69, 9.17) is 10.5 Å². The van der Waals surface area contributed by atoms with E-state index >= 15 is 0 Å². The lowest BCUT2D eigenvalue weighted by atomic mass is 10.1. The fourth-order valence-corrected chi connectivity index (χ4v) is 2.87. The SMILES string of the molecule is CC(=O)OCc1nc2c(N)nc3ccccc3c2n1C(C)C(C)C. The first-order valence-corrected chi connectivity index (χ1v) is 8.08. The van der Waals surface area contributed by atoms with Crippen molar-refractivity contribution in [2.75, 3.05) is 5.73 Å². The van der Waals surface area contributed by atoms with Crippen LogP contribution in [-0.2, 0) is 16.1 Å². The first kappa shape index (κ1) is 16.2. The molecule has 0 radical (unpaired) electrons. The van der Waals surface area contributed by atoms with Gasteiger partial charge in [-0.1, -0.05) is 32.0 Å². The molecule has 0 bridgehead atoms. The highest BCUT2D eigenvalue weighted by atomic mass is 16.5. The zero-order valence-electron chi connectivity index (χ0n) is 14.4. The molecule has 126 valence electrons. The number of benzene rings is 1. The molecule has 0 fully saturated rings. The van der Waals surface area contributed by atoms with Gasteiger partial charge in [0.1, 0.15) is 17.9 Å². The van der Waals surface area contributed by atoms with Crippen LogP contribution >= 0.6 is 0 Å². The zero-order chi connectivity index (χ0) is 17.4. The molecule has 6 heteroatoms. The minimum absolute atomic E-state index is 0.120. The number of hydrogen-bond acceptors (Lipinski definition) is 5. The fourth-order valence-electron chi connectivity index (χ4n) is 2.87. The van der Waals surface area contributed by atoms with Gasteiger partial charge in [-0.15, -0.1) is 0 Å². The molecule has 3 rings (SSSR count). The maximum Gasteiger partial charge on any atom is 0.303 e. The van der Waals surface area contributed by atoms with Gasteiger partial charge < -0.3 is 15.0 Å². The molecule has 0 saturated carbocycles. The highest BCUT2D eigenvalue weighted by Gasteiger charge is 2.22. The van der Waals surface area contributed by atoms with Crippen LogP contribution in [0.4, 0.5) is 5.82 Å². The van der Waals surface area contributed by atoms with Gasteiger partial charge in [0.25, 0.3) is 0 Å². The topological polar surface area (TPSA) is 83.0 Å². The minimum Gasteiger partial charge on any atom is -0.458 e. The van der Waals surface area contributed by atoms with Crippen LogP contribution in [0.2, 0.25) is 0 Å². The van der Waals surface area contributed by atoms with Crippen molar-refractivity contribution < 1.29 is 9.53 Å². The quantitative estimate of drug-likeness (QED) is 0.742. The van der Waals surface area contributed by atoms with Gasteiger partial charge in [0, 0.05) is 18.4 Å². The molecular weight excluding hydrogens is 304 g/mol. The summed E-state index contributed by atoms with van der Waals surface area (Å²) in [6, 6.07) is 8.04. The second kappa shape index (κ2) is 6.11. The number of carbonyl (C=O) groups excluding carboxylic acids is 1. The van der Waals surface area contributed by atoms with E-state index in [0.29, 0.717) is 23.1 Å². The van der Waals surface area contributed by atoms with E-state index in [2.05, 4.69) is 35.3 Å². The molecule has 0 aliphatic carbocycles. The van der Waals surface area contributed by atoms with E-state index < -0.39 is 0 Å². The maximum absolute atomic E-state index is 11.2. The van der Waals surface area contributed by atoms with Crippen LogP contribution in [0.25, 0.3) is 21.9 Å². The summed E-state index contributed by atoms with van der Waals surface area (Å²) in [6.45, 7) is 7.95. The van der Waals surface area contributed by atoms with Crippen molar-refractivity contribution in [2.24, 2.45) is 5.92 Å². The van der Waals surface area contributed by atoms with Gasteiger partial charge in [0.05, 0.1) is 11.0 Å². The number of imidazole rings is 1. The van der Waals surface area contributed by atoms with Crippen molar-refractivity contribution in [3.8, 4) is 0 Å². The lowest BCUT2D eigenvalue weighted by Gasteiger charge is -2.21. The predicted molar refractivity (Wildman–Crippen MR) is 94.5 cm³/mol. The number of para-hydroxylation sites is 1. The number of nitrogens with two attached hydrogens (primary N) is 1. The molecule has 3 aromatic rings. The number of hydrogen-bond donors (Lipinski definition) is 1. The number of anilines is 1. The lowest BCUT2D eigenvalue weighted by molar-refractivity contribution is -0.142. The van der Waals surface area contributed by atoms with Crippen molar-refractivity contribution in [2.45, 2.75) is 40.3 Å². The molecule has 0 aliphatic rings. The van der Waals surface area contributed by atoms with Gasteiger partial charge in [-0.05, 0) is 18.9 Å². The number of carbonyl (C=O) groups is 1. The first-order valence-electron chi connectivity index (χ1n) is 8.08. The summed E-state index contributed by atoms with van der Waals surface area (Å²) in [5.41, 5.74) is 8.58. The largest absolute Gasteiger partial charge is 0.458 e. The van der Waals surface area contributed by atoms with Crippen LogP contribution in [0, 0.1) is 5.92 Å². The summed E-state index contributed by atoms with van der Waals surface area (Å²) >= 11 is 0.